The summed E-state index contributed by atoms with van der Waals surface area (Å²) in [7, 11) is 0. The van der Waals surface area contributed by atoms with E-state index in [1.54, 1.807) is 11.3 Å². The number of aromatic nitrogens is 3. The number of H-pyrrole nitrogens is 1. The van der Waals surface area contributed by atoms with Gasteiger partial charge in [0.25, 0.3) is 0 Å². The van der Waals surface area contributed by atoms with Crippen molar-refractivity contribution < 1.29 is 0 Å². The van der Waals surface area contributed by atoms with Crippen LogP contribution >= 0.6 is 22.9 Å². The van der Waals surface area contributed by atoms with Gasteiger partial charge < -0.3 is 10.3 Å². The highest BCUT2D eigenvalue weighted by atomic mass is 35.5. The third-order valence-corrected chi connectivity index (χ3v) is 4.42. The summed E-state index contributed by atoms with van der Waals surface area (Å²) in [5.74, 6) is 0.867. The lowest BCUT2D eigenvalue weighted by Gasteiger charge is -1.97. The Hall–Kier alpha value is -2.11. The predicted octanol–water partition coefficient (Wildman–Crippen LogP) is 4.44. The number of fused-ring (bicyclic) bond motifs is 2. The second kappa shape index (κ2) is 5.02. The normalized spacial score (nSPS) is 11.3. The molecule has 0 saturated carbocycles. The number of hydrogen-bond acceptors (Lipinski definition) is 4. The number of aromatic amines is 1. The van der Waals surface area contributed by atoms with Crippen molar-refractivity contribution in [1.29, 1.82) is 0 Å². The van der Waals surface area contributed by atoms with E-state index in [4.69, 9.17) is 11.6 Å². The van der Waals surface area contributed by atoms with Crippen molar-refractivity contribution >= 4 is 49.3 Å². The minimum atomic E-state index is 0.603. The zero-order valence-electron chi connectivity index (χ0n) is 10.9. The molecule has 0 spiro atoms. The maximum absolute atomic E-state index is 5.97. The number of hydrogen-bond donors (Lipinski definition) is 2. The van der Waals surface area contributed by atoms with E-state index in [0.717, 1.165) is 27.5 Å². The molecule has 0 bridgehead atoms. The Morgan fingerprint density at radius 2 is 2.00 bits per heavy atom. The summed E-state index contributed by atoms with van der Waals surface area (Å²) >= 11 is 7.62. The van der Waals surface area contributed by atoms with Gasteiger partial charge in [0.2, 0.25) is 0 Å². The lowest BCUT2D eigenvalue weighted by Crippen LogP contribution is -2.00. The molecule has 0 amide bonds. The van der Waals surface area contributed by atoms with Crippen LogP contribution in [0.5, 0.6) is 0 Å². The molecule has 0 aliphatic carbocycles. The van der Waals surface area contributed by atoms with Gasteiger partial charge in [-0.1, -0.05) is 35.1 Å². The zero-order chi connectivity index (χ0) is 14.2. The summed E-state index contributed by atoms with van der Waals surface area (Å²) in [6, 6.07) is 13.7. The third-order valence-electron chi connectivity index (χ3n) is 3.19. The van der Waals surface area contributed by atoms with Crippen molar-refractivity contribution in [2.45, 2.75) is 6.54 Å². The van der Waals surface area contributed by atoms with Gasteiger partial charge in [0.1, 0.15) is 5.82 Å². The van der Waals surface area contributed by atoms with Gasteiger partial charge in [0.15, 0.2) is 5.13 Å². The quantitative estimate of drug-likeness (QED) is 0.588. The third kappa shape index (κ3) is 2.46. The molecule has 2 N–H and O–H groups in total. The minimum absolute atomic E-state index is 0.603. The van der Waals surface area contributed by atoms with Crippen molar-refractivity contribution in [3.8, 4) is 0 Å². The van der Waals surface area contributed by atoms with Crippen molar-refractivity contribution in [2.24, 2.45) is 0 Å². The summed E-state index contributed by atoms with van der Waals surface area (Å²) in [5.41, 5.74) is 2.88. The highest BCUT2D eigenvalue weighted by Crippen LogP contribution is 2.25. The fourth-order valence-corrected chi connectivity index (χ4v) is 3.26. The summed E-state index contributed by atoms with van der Waals surface area (Å²) in [4.78, 5) is 12.3. The molecule has 4 aromatic rings. The molecule has 4 nitrogen and oxygen atoms in total. The van der Waals surface area contributed by atoms with Crippen LogP contribution in [0.3, 0.4) is 0 Å². The van der Waals surface area contributed by atoms with Crippen LogP contribution in [0.2, 0.25) is 5.02 Å². The molecule has 104 valence electrons. The van der Waals surface area contributed by atoms with Gasteiger partial charge in [-0.3, -0.25) is 0 Å². The topological polar surface area (TPSA) is 53.6 Å². The van der Waals surface area contributed by atoms with E-state index in [-0.39, 0.29) is 0 Å². The second-order valence-corrected chi connectivity index (χ2v) is 6.15. The Morgan fingerprint density at radius 1 is 1.10 bits per heavy atom. The number of nitrogens with one attached hydrogen (secondary N) is 2. The Balaban J connectivity index is 1.57. The monoisotopic (exact) mass is 314 g/mol. The smallest absolute Gasteiger partial charge is 0.184 e. The van der Waals surface area contributed by atoms with Gasteiger partial charge in [-0.25, -0.2) is 9.97 Å². The number of thiazole rings is 1. The predicted molar refractivity (Wildman–Crippen MR) is 88.1 cm³/mol. The zero-order valence-corrected chi connectivity index (χ0v) is 12.5. The standard InChI is InChI=1S/C15H11ClN4S/c16-9-5-6-10-12(7-9)19-14(18-10)8-17-15-20-11-3-1-2-4-13(11)21-15/h1-7H,8H2,(H,17,20)(H,18,19). The lowest BCUT2D eigenvalue weighted by molar-refractivity contribution is 1.01. The molecule has 2 heterocycles. The van der Waals surface area contributed by atoms with Gasteiger partial charge in [-0.2, -0.15) is 0 Å². The Labute approximate surface area is 129 Å². The molecule has 0 atom stereocenters. The molecule has 21 heavy (non-hydrogen) atoms. The van der Waals surface area contributed by atoms with E-state index < -0.39 is 0 Å². The average Bonchev–Trinajstić information content (AvgIpc) is 3.07. The first-order valence-electron chi connectivity index (χ1n) is 6.51. The van der Waals surface area contributed by atoms with Crippen LogP contribution in [0.25, 0.3) is 21.3 Å². The van der Waals surface area contributed by atoms with Crippen LogP contribution in [0.4, 0.5) is 5.13 Å². The molecule has 2 aromatic carbocycles. The van der Waals surface area contributed by atoms with Crippen LogP contribution in [0.15, 0.2) is 42.5 Å². The van der Waals surface area contributed by atoms with E-state index in [0.29, 0.717) is 11.6 Å². The van der Waals surface area contributed by atoms with Gasteiger partial charge in [0.05, 0.1) is 27.8 Å². The molecule has 0 radical (unpaired) electrons. The number of rotatable bonds is 3. The molecule has 0 unspecified atom stereocenters. The summed E-state index contributed by atoms with van der Waals surface area (Å²) in [6.07, 6.45) is 0. The molecule has 2 aromatic heterocycles. The lowest BCUT2D eigenvalue weighted by atomic mass is 10.3. The maximum atomic E-state index is 5.97. The van der Waals surface area contributed by atoms with Crippen LogP contribution < -0.4 is 5.32 Å². The highest BCUT2D eigenvalue weighted by Gasteiger charge is 2.06. The number of halogens is 1. The van der Waals surface area contributed by atoms with Crippen LogP contribution in [0.1, 0.15) is 5.82 Å². The van der Waals surface area contributed by atoms with Crippen molar-refractivity contribution in [1.82, 2.24) is 15.0 Å². The first-order valence-corrected chi connectivity index (χ1v) is 7.71. The fourth-order valence-electron chi connectivity index (χ4n) is 2.23. The summed E-state index contributed by atoms with van der Waals surface area (Å²) < 4.78 is 1.18. The van der Waals surface area contributed by atoms with Crippen molar-refractivity contribution in [2.75, 3.05) is 5.32 Å². The van der Waals surface area contributed by atoms with Crippen molar-refractivity contribution in [3.05, 3.63) is 53.3 Å². The van der Waals surface area contributed by atoms with Gasteiger partial charge >= 0.3 is 0 Å². The average molecular weight is 315 g/mol. The minimum Gasteiger partial charge on any atom is -0.354 e. The van der Waals surface area contributed by atoms with Crippen LogP contribution in [-0.2, 0) is 6.54 Å². The van der Waals surface area contributed by atoms with E-state index >= 15 is 0 Å². The van der Waals surface area contributed by atoms with Crippen molar-refractivity contribution in [3.63, 3.8) is 0 Å². The molecule has 0 fully saturated rings. The number of imidazole rings is 1. The fraction of sp³-hybridized carbons (Fsp3) is 0.0667. The Bertz CT molecular complexity index is 895. The van der Waals surface area contributed by atoms with Crippen LogP contribution in [0, 0.1) is 0 Å². The molecule has 0 aliphatic rings. The SMILES string of the molecule is Clc1ccc2nc(CNc3nc4ccccc4s3)[nH]c2c1. The first kappa shape index (κ1) is 12.6. The van der Waals surface area contributed by atoms with Gasteiger partial charge in [-0.05, 0) is 30.3 Å². The maximum Gasteiger partial charge on any atom is 0.184 e. The van der Waals surface area contributed by atoms with Crippen LogP contribution in [-0.4, -0.2) is 15.0 Å². The second-order valence-electron chi connectivity index (χ2n) is 4.69. The molecule has 0 saturated heterocycles. The van der Waals surface area contributed by atoms with E-state index in [9.17, 15) is 0 Å². The molecule has 4 rings (SSSR count). The molecular weight excluding hydrogens is 304 g/mol. The largest absolute Gasteiger partial charge is 0.354 e. The van der Waals surface area contributed by atoms with E-state index in [1.807, 2.05) is 36.4 Å². The molecule has 0 aliphatic heterocycles. The number of anilines is 1. The molecule has 6 heteroatoms. The number of nitrogens with zero attached hydrogens (tertiary/aromatic N) is 2. The van der Waals surface area contributed by atoms with E-state index in [1.165, 1.54) is 4.70 Å². The van der Waals surface area contributed by atoms with E-state index in [2.05, 4.69) is 26.3 Å². The van der Waals surface area contributed by atoms with Gasteiger partial charge in [0, 0.05) is 5.02 Å². The summed E-state index contributed by atoms with van der Waals surface area (Å²) in [5, 5.41) is 4.91. The molecular formula is C15H11ClN4S. The van der Waals surface area contributed by atoms with Gasteiger partial charge in [-0.15, -0.1) is 0 Å². The summed E-state index contributed by atoms with van der Waals surface area (Å²) in [6.45, 7) is 0.603. The Kier molecular flexibility index (Phi) is 3.02. The Morgan fingerprint density at radius 3 is 2.90 bits per heavy atom. The highest BCUT2D eigenvalue weighted by molar-refractivity contribution is 7.22. The number of benzene rings is 2. The first-order chi connectivity index (χ1) is 10.3. The number of para-hydroxylation sites is 1.